The van der Waals surface area contributed by atoms with Crippen molar-refractivity contribution in [3.63, 3.8) is 0 Å². The molecule has 1 rings (SSSR count). The summed E-state index contributed by atoms with van der Waals surface area (Å²) in [5.74, 6) is 0. The summed E-state index contributed by atoms with van der Waals surface area (Å²) in [6.07, 6.45) is 0. The maximum absolute atomic E-state index is 8.67. The van der Waals surface area contributed by atoms with Crippen LogP contribution in [0, 0.1) is 0 Å². The lowest BCUT2D eigenvalue weighted by molar-refractivity contribution is 0.287. The van der Waals surface area contributed by atoms with Gasteiger partial charge >= 0.3 is 0 Å². The molecule has 2 N–H and O–H groups in total. The summed E-state index contributed by atoms with van der Waals surface area (Å²) in [6, 6.07) is 2.16. The topological polar surface area (TPSA) is 32.3 Å². The maximum atomic E-state index is 8.67. The van der Waals surface area contributed by atoms with Crippen LogP contribution in [-0.4, -0.2) is 24.8 Å². The fourth-order valence-corrected chi connectivity index (χ4v) is 2.79. The minimum Gasteiger partial charge on any atom is -0.395 e. The zero-order valence-corrected chi connectivity index (χ0v) is 10.9. The van der Waals surface area contributed by atoms with Crippen molar-refractivity contribution in [2.24, 2.45) is 0 Å². The summed E-state index contributed by atoms with van der Waals surface area (Å²) in [5, 5.41) is 14.0. The molecule has 0 saturated heterocycles. The molecule has 0 unspecified atom stereocenters. The first-order chi connectivity index (χ1) is 6.56. The van der Waals surface area contributed by atoms with E-state index in [1.807, 2.05) is 0 Å². The van der Waals surface area contributed by atoms with Gasteiger partial charge in [-0.3, -0.25) is 0 Å². The second-order valence-corrected chi connectivity index (χ2v) is 5.74. The molecule has 1 aromatic heterocycles. The van der Waals surface area contributed by atoms with E-state index < -0.39 is 0 Å². The molecule has 1 aromatic rings. The van der Waals surface area contributed by atoms with Gasteiger partial charge in [0, 0.05) is 33.2 Å². The summed E-state index contributed by atoms with van der Waals surface area (Å²) in [7, 11) is 0. The van der Waals surface area contributed by atoms with Crippen molar-refractivity contribution < 1.29 is 5.11 Å². The van der Waals surface area contributed by atoms with Gasteiger partial charge in [-0.25, -0.2) is 0 Å². The lowest BCUT2D eigenvalue weighted by Gasteiger charge is -2.23. The van der Waals surface area contributed by atoms with Crippen LogP contribution in [0.2, 0.25) is 0 Å². The molecule has 0 radical (unpaired) electrons. The number of rotatable bonds is 5. The van der Waals surface area contributed by atoms with Gasteiger partial charge in [0.15, 0.2) is 0 Å². The molecule has 14 heavy (non-hydrogen) atoms. The van der Waals surface area contributed by atoms with Crippen molar-refractivity contribution in [3.8, 4) is 0 Å². The minimum atomic E-state index is 0.131. The van der Waals surface area contributed by atoms with E-state index in [9.17, 15) is 0 Å². The number of nitrogens with one attached hydrogen (secondary N) is 1. The van der Waals surface area contributed by atoms with Crippen LogP contribution in [0.25, 0.3) is 0 Å². The van der Waals surface area contributed by atoms with Gasteiger partial charge in [0.05, 0.1) is 6.61 Å². The molecule has 1 heterocycles. The second kappa shape index (κ2) is 5.26. The molecule has 80 valence electrons. The van der Waals surface area contributed by atoms with E-state index >= 15 is 0 Å². The van der Waals surface area contributed by atoms with E-state index in [0.717, 1.165) is 11.0 Å². The summed E-state index contributed by atoms with van der Waals surface area (Å²) < 4.78 is 1.15. The highest BCUT2D eigenvalue weighted by Gasteiger charge is 2.21. The van der Waals surface area contributed by atoms with Crippen molar-refractivity contribution >= 4 is 27.3 Å². The van der Waals surface area contributed by atoms with E-state index in [1.54, 1.807) is 11.3 Å². The van der Waals surface area contributed by atoms with Crippen LogP contribution in [0.1, 0.15) is 18.7 Å². The van der Waals surface area contributed by atoms with E-state index in [1.165, 1.54) is 4.88 Å². The first-order valence-electron chi connectivity index (χ1n) is 4.62. The van der Waals surface area contributed by atoms with E-state index in [0.29, 0.717) is 6.54 Å². The predicted octanol–water partition coefficient (Wildman–Crippen LogP) is 2.37. The molecule has 0 aliphatic carbocycles. The van der Waals surface area contributed by atoms with Crippen molar-refractivity contribution in [2.45, 2.75) is 19.3 Å². The van der Waals surface area contributed by atoms with Crippen molar-refractivity contribution in [1.29, 1.82) is 0 Å². The van der Waals surface area contributed by atoms with Gasteiger partial charge in [0.1, 0.15) is 0 Å². The largest absolute Gasteiger partial charge is 0.395 e. The molecule has 0 spiro atoms. The number of halogens is 1. The zero-order chi connectivity index (χ0) is 10.6. The molecule has 0 fully saturated rings. The fourth-order valence-electron chi connectivity index (χ4n) is 1.24. The Bertz CT molecular complexity index is 285. The van der Waals surface area contributed by atoms with Crippen LogP contribution in [-0.2, 0) is 5.41 Å². The Morgan fingerprint density at radius 3 is 2.79 bits per heavy atom. The number of hydrogen-bond acceptors (Lipinski definition) is 3. The van der Waals surface area contributed by atoms with E-state index in [-0.39, 0.29) is 12.0 Å². The number of hydrogen-bond donors (Lipinski definition) is 2. The van der Waals surface area contributed by atoms with Crippen LogP contribution in [0.15, 0.2) is 15.9 Å². The van der Waals surface area contributed by atoms with Crippen molar-refractivity contribution in [3.05, 3.63) is 20.8 Å². The SMILES string of the molecule is CC(C)(CNCCO)c1cc(Br)cs1. The third-order valence-electron chi connectivity index (χ3n) is 2.09. The Morgan fingerprint density at radius 1 is 1.57 bits per heavy atom. The van der Waals surface area contributed by atoms with Crippen molar-refractivity contribution in [2.75, 3.05) is 19.7 Å². The number of aliphatic hydroxyl groups excluding tert-OH is 1. The Labute approximate surface area is 97.5 Å². The molecule has 0 bridgehead atoms. The van der Waals surface area contributed by atoms with Gasteiger partial charge in [-0.1, -0.05) is 13.8 Å². The number of aliphatic hydroxyl groups is 1. The molecule has 0 aliphatic heterocycles. The molecule has 0 aliphatic rings. The second-order valence-electron chi connectivity index (χ2n) is 3.91. The summed E-state index contributed by atoms with van der Waals surface area (Å²) in [4.78, 5) is 1.36. The van der Waals surface area contributed by atoms with Crippen LogP contribution in [0.3, 0.4) is 0 Å². The Kier molecular flexibility index (Phi) is 4.57. The molecular formula is C10H16BrNOS. The highest BCUT2D eigenvalue weighted by atomic mass is 79.9. The Balaban J connectivity index is 2.56. The zero-order valence-electron chi connectivity index (χ0n) is 8.51. The quantitative estimate of drug-likeness (QED) is 0.810. The van der Waals surface area contributed by atoms with Crippen LogP contribution in [0.5, 0.6) is 0 Å². The van der Waals surface area contributed by atoms with Crippen molar-refractivity contribution in [1.82, 2.24) is 5.32 Å². The standard InChI is InChI=1S/C10H16BrNOS/c1-10(2,7-12-3-4-13)9-5-8(11)6-14-9/h5-6,12-13H,3-4,7H2,1-2H3. The van der Waals surface area contributed by atoms with Crippen LogP contribution < -0.4 is 5.32 Å². The molecular weight excluding hydrogens is 262 g/mol. The normalized spacial score (nSPS) is 12.0. The summed E-state index contributed by atoms with van der Waals surface area (Å²) in [5.41, 5.74) is 0.131. The van der Waals surface area contributed by atoms with E-state index in [2.05, 4.69) is 46.5 Å². The van der Waals surface area contributed by atoms with Crippen LogP contribution in [0.4, 0.5) is 0 Å². The molecule has 4 heteroatoms. The molecule has 0 saturated carbocycles. The van der Waals surface area contributed by atoms with Gasteiger partial charge in [-0.2, -0.15) is 0 Å². The Morgan fingerprint density at radius 2 is 2.29 bits per heavy atom. The average molecular weight is 278 g/mol. The third kappa shape index (κ3) is 3.35. The van der Waals surface area contributed by atoms with Gasteiger partial charge in [-0.05, 0) is 22.0 Å². The lowest BCUT2D eigenvalue weighted by Crippen LogP contribution is -2.33. The monoisotopic (exact) mass is 277 g/mol. The average Bonchev–Trinajstić information content (AvgIpc) is 2.53. The Hall–Kier alpha value is 0.1000. The first-order valence-corrected chi connectivity index (χ1v) is 6.29. The third-order valence-corrected chi connectivity index (χ3v) is 4.15. The predicted molar refractivity (Wildman–Crippen MR) is 65.0 cm³/mol. The highest BCUT2D eigenvalue weighted by Crippen LogP contribution is 2.30. The fraction of sp³-hybridized carbons (Fsp3) is 0.600. The van der Waals surface area contributed by atoms with Gasteiger partial charge in [-0.15, -0.1) is 11.3 Å². The molecule has 0 atom stereocenters. The minimum absolute atomic E-state index is 0.131. The first kappa shape index (κ1) is 12.2. The molecule has 0 aromatic carbocycles. The molecule has 2 nitrogen and oxygen atoms in total. The lowest BCUT2D eigenvalue weighted by atomic mass is 9.91. The summed E-state index contributed by atoms with van der Waals surface area (Å²) in [6.45, 7) is 6.16. The van der Waals surface area contributed by atoms with Gasteiger partial charge in [0.2, 0.25) is 0 Å². The smallest absolute Gasteiger partial charge is 0.0555 e. The van der Waals surface area contributed by atoms with Crippen LogP contribution >= 0.6 is 27.3 Å². The highest BCUT2D eigenvalue weighted by molar-refractivity contribution is 9.10. The van der Waals surface area contributed by atoms with Gasteiger partial charge < -0.3 is 10.4 Å². The van der Waals surface area contributed by atoms with E-state index in [4.69, 9.17) is 5.11 Å². The van der Waals surface area contributed by atoms with Gasteiger partial charge in [0.25, 0.3) is 0 Å². The summed E-state index contributed by atoms with van der Waals surface area (Å²) >= 11 is 5.22. The molecule has 0 amide bonds. The number of thiophene rings is 1. The maximum Gasteiger partial charge on any atom is 0.0555 e.